The summed E-state index contributed by atoms with van der Waals surface area (Å²) in [6.45, 7) is 0.550. The van der Waals surface area contributed by atoms with Gasteiger partial charge >= 0.3 is 0 Å². The first kappa shape index (κ1) is 11.8. The van der Waals surface area contributed by atoms with E-state index in [9.17, 15) is 0 Å². The molecular formula is C12H17ClN2O. The van der Waals surface area contributed by atoms with Crippen molar-refractivity contribution >= 4 is 11.6 Å². The van der Waals surface area contributed by atoms with E-state index in [4.69, 9.17) is 16.3 Å². The summed E-state index contributed by atoms with van der Waals surface area (Å²) >= 11 is 5.67. The Balaban J connectivity index is 1.79. The van der Waals surface area contributed by atoms with E-state index in [1.807, 2.05) is 0 Å². The smallest absolute Gasteiger partial charge is 0.147 e. The van der Waals surface area contributed by atoms with Crippen LogP contribution < -0.4 is 0 Å². The fourth-order valence-electron chi connectivity index (χ4n) is 2.03. The molecule has 4 heteroatoms. The maximum absolute atomic E-state index is 5.84. The van der Waals surface area contributed by atoms with Crippen molar-refractivity contribution in [2.45, 2.75) is 51.2 Å². The van der Waals surface area contributed by atoms with Crippen LogP contribution in [0.25, 0.3) is 0 Å². The lowest BCUT2D eigenvalue weighted by Crippen LogP contribution is -2.12. The number of hydrogen-bond acceptors (Lipinski definition) is 3. The summed E-state index contributed by atoms with van der Waals surface area (Å²) in [6.07, 6.45) is 11.3. The first-order chi connectivity index (χ1) is 7.84. The molecule has 0 radical (unpaired) electrons. The Morgan fingerprint density at radius 3 is 2.50 bits per heavy atom. The molecule has 1 saturated carbocycles. The van der Waals surface area contributed by atoms with Crippen molar-refractivity contribution in [1.82, 2.24) is 9.97 Å². The van der Waals surface area contributed by atoms with Crippen molar-refractivity contribution in [2.75, 3.05) is 0 Å². The van der Waals surface area contributed by atoms with E-state index < -0.39 is 0 Å². The number of hydrogen-bond donors (Lipinski definition) is 0. The van der Waals surface area contributed by atoms with Crippen LogP contribution in [-0.4, -0.2) is 16.1 Å². The highest BCUT2D eigenvalue weighted by Gasteiger charge is 2.12. The van der Waals surface area contributed by atoms with E-state index in [1.165, 1.54) is 38.5 Å². The Labute approximate surface area is 101 Å². The van der Waals surface area contributed by atoms with Gasteiger partial charge in [-0.25, -0.2) is 4.98 Å². The Kier molecular flexibility index (Phi) is 4.55. The van der Waals surface area contributed by atoms with E-state index in [0.29, 0.717) is 17.9 Å². The summed E-state index contributed by atoms with van der Waals surface area (Å²) < 4.78 is 5.84. The van der Waals surface area contributed by atoms with Crippen molar-refractivity contribution in [1.29, 1.82) is 0 Å². The van der Waals surface area contributed by atoms with Crippen LogP contribution in [-0.2, 0) is 11.3 Å². The molecule has 88 valence electrons. The maximum Gasteiger partial charge on any atom is 0.147 e. The van der Waals surface area contributed by atoms with Crippen molar-refractivity contribution in [3.05, 3.63) is 23.2 Å². The lowest BCUT2D eigenvalue weighted by molar-refractivity contribution is 0.0291. The van der Waals surface area contributed by atoms with Gasteiger partial charge < -0.3 is 4.74 Å². The molecule has 0 aliphatic heterocycles. The topological polar surface area (TPSA) is 35.0 Å². The van der Waals surface area contributed by atoms with Crippen molar-refractivity contribution in [3.8, 4) is 0 Å². The summed E-state index contributed by atoms with van der Waals surface area (Å²) in [4.78, 5) is 8.15. The monoisotopic (exact) mass is 240 g/mol. The molecule has 16 heavy (non-hydrogen) atoms. The number of aromatic nitrogens is 2. The average Bonchev–Trinajstić information content (AvgIpc) is 2.57. The van der Waals surface area contributed by atoms with Gasteiger partial charge in [-0.2, -0.15) is 0 Å². The molecule has 0 atom stereocenters. The van der Waals surface area contributed by atoms with Crippen LogP contribution in [0.5, 0.6) is 0 Å². The number of rotatable bonds is 3. The molecule has 0 saturated heterocycles. The molecule has 1 heterocycles. The predicted molar refractivity (Wildman–Crippen MR) is 63.3 cm³/mol. The lowest BCUT2D eigenvalue weighted by Gasteiger charge is -2.14. The van der Waals surface area contributed by atoms with Gasteiger partial charge in [0.1, 0.15) is 5.15 Å². The van der Waals surface area contributed by atoms with Crippen LogP contribution in [0.1, 0.15) is 44.2 Å². The lowest BCUT2D eigenvalue weighted by atomic mass is 10.1. The SMILES string of the molecule is Clc1cnc(COC2CCCCCC2)cn1. The number of ether oxygens (including phenoxy) is 1. The third-order valence-electron chi connectivity index (χ3n) is 2.94. The Morgan fingerprint density at radius 1 is 1.12 bits per heavy atom. The van der Waals surface area contributed by atoms with E-state index >= 15 is 0 Å². The molecule has 1 aliphatic carbocycles. The van der Waals surface area contributed by atoms with Crippen LogP contribution in [0.15, 0.2) is 12.4 Å². The standard InChI is InChI=1S/C12H17ClN2O/c13-12-8-14-10(7-15-12)9-16-11-5-3-1-2-4-6-11/h7-8,11H,1-6,9H2. The maximum atomic E-state index is 5.84. The Bertz CT molecular complexity index is 307. The summed E-state index contributed by atoms with van der Waals surface area (Å²) in [5.74, 6) is 0. The van der Waals surface area contributed by atoms with Gasteiger partial charge in [0.25, 0.3) is 0 Å². The van der Waals surface area contributed by atoms with Gasteiger partial charge in [0.15, 0.2) is 0 Å². The average molecular weight is 241 g/mol. The van der Waals surface area contributed by atoms with Crippen LogP contribution in [0.3, 0.4) is 0 Å². The molecule has 0 unspecified atom stereocenters. The van der Waals surface area contributed by atoms with Gasteiger partial charge in [-0.3, -0.25) is 4.98 Å². The summed E-state index contributed by atoms with van der Waals surface area (Å²) in [7, 11) is 0. The number of nitrogens with zero attached hydrogens (tertiary/aromatic N) is 2. The second-order valence-corrected chi connectivity index (χ2v) is 4.64. The molecule has 0 aromatic carbocycles. The molecule has 3 nitrogen and oxygen atoms in total. The first-order valence-corrected chi connectivity index (χ1v) is 6.30. The van der Waals surface area contributed by atoms with Crippen LogP contribution in [0.4, 0.5) is 0 Å². The summed E-state index contributed by atoms with van der Waals surface area (Å²) in [6, 6.07) is 0. The van der Waals surface area contributed by atoms with Crippen molar-refractivity contribution < 1.29 is 4.74 Å². The third-order valence-corrected chi connectivity index (χ3v) is 3.14. The minimum atomic E-state index is 0.403. The Hall–Kier alpha value is -0.670. The molecule has 0 bridgehead atoms. The first-order valence-electron chi connectivity index (χ1n) is 5.92. The fourth-order valence-corrected chi connectivity index (χ4v) is 2.12. The van der Waals surface area contributed by atoms with Crippen molar-refractivity contribution in [3.63, 3.8) is 0 Å². The zero-order chi connectivity index (χ0) is 11.2. The number of halogens is 1. The molecule has 0 N–H and O–H groups in total. The van der Waals surface area contributed by atoms with Gasteiger partial charge in [0, 0.05) is 0 Å². The fraction of sp³-hybridized carbons (Fsp3) is 0.667. The molecule has 0 amide bonds. The van der Waals surface area contributed by atoms with Crippen molar-refractivity contribution in [2.24, 2.45) is 0 Å². The largest absolute Gasteiger partial charge is 0.372 e. The van der Waals surface area contributed by atoms with Crippen LogP contribution in [0, 0.1) is 0 Å². The van der Waals surface area contributed by atoms with E-state index in [1.54, 1.807) is 12.4 Å². The quantitative estimate of drug-likeness (QED) is 0.760. The van der Waals surface area contributed by atoms with E-state index in [0.717, 1.165) is 5.69 Å². The summed E-state index contributed by atoms with van der Waals surface area (Å²) in [5.41, 5.74) is 0.855. The molecule has 2 rings (SSSR count). The minimum Gasteiger partial charge on any atom is -0.372 e. The van der Waals surface area contributed by atoms with Gasteiger partial charge in [-0.1, -0.05) is 37.3 Å². The van der Waals surface area contributed by atoms with Gasteiger partial charge in [-0.05, 0) is 12.8 Å². The molecule has 1 aliphatic rings. The summed E-state index contributed by atoms with van der Waals surface area (Å²) in [5, 5.41) is 0.429. The van der Waals surface area contributed by atoms with Gasteiger partial charge in [0.05, 0.1) is 30.8 Å². The van der Waals surface area contributed by atoms with Gasteiger partial charge in [-0.15, -0.1) is 0 Å². The van der Waals surface area contributed by atoms with Gasteiger partial charge in [0.2, 0.25) is 0 Å². The molecular weight excluding hydrogens is 224 g/mol. The zero-order valence-corrected chi connectivity index (χ0v) is 10.1. The highest BCUT2D eigenvalue weighted by Crippen LogP contribution is 2.20. The van der Waals surface area contributed by atoms with E-state index in [2.05, 4.69) is 9.97 Å². The highest BCUT2D eigenvalue weighted by atomic mass is 35.5. The van der Waals surface area contributed by atoms with Crippen LogP contribution >= 0.6 is 11.6 Å². The molecule has 0 spiro atoms. The highest BCUT2D eigenvalue weighted by molar-refractivity contribution is 6.29. The molecule has 1 fully saturated rings. The second kappa shape index (κ2) is 6.16. The Morgan fingerprint density at radius 2 is 1.88 bits per heavy atom. The van der Waals surface area contributed by atoms with E-state index in [-0.39, 0.29) is 0 Å². The second-order valence-electron chi connectivity index (χ2n) is 4.26. The van der Waals surface area contributed by atoms with Crippen LogP contribution in [0.2, 0.25) is 5.15 Å². The molecule has 1 aromatic rings. The minimum absolute atomic E-state index is 0.403. The predicted octanol–water partition coefficient (Wildman–Crippen LogP) is 3.37. The molecule has 1 aromatic heterocycles. The normalized spacial score (nSPS) is 18.3. The zero-order valence-electron chi connectivity index (χ0n) is 9.36. The third kappa shape index (κ3) is 3.72.